The van der Waals surface area contributed by atoms with Gasteiger partial charge in [0.05, 0.1) is 24.1 Å². The predicted molar refractivity (Wildman–Crippen MR) is 118 cm³/mol. The number of piperidine rings is 1. The molecule has 0 aliphatic carbocycles. The molecule has 1 fully saturated rings. The van der Waals surface area contributed by atoms with E-state index in [1.807, 2.05) is 30.3 Å². The minimum absolute atomic E-state index is 0.112. The predicted octanol–water partition coefficient (Wildman–Crippen LogP) is 4.32. The Bertz CT molecular complexity index is 847. The number of thioether (sulfide) groups is 1. The van der Waals surface area contributed by atoms with Crippen LogP contribution in [0.2, 0.25) is 0 Å². The summed E-state index contributed by atoms with van der Waals surface area (Å²) >= 11 is 1.45. The van der Waals surface area contributed by atoms with Crippen LogP contribution in [0.15, 0.2) is 59.6 Å². The number of carbonyl (C=O) groups excluding carboxylic acids is 2. The first-order valence-corrected chi connectivity index (χ1v) is 10.6. The summed E-state index contributed by atoms with van der Waals surface area (Å²) in [6.45, 7) is 1.94. The maximum absolute atomic E-state index is 12.4. The fourth-order valence-electron chi connectivity index (χ4n) is 3.03. The Hall–Kier alpha value is -2.80. The molecule has 0 spiro atoms. The van der Waals surface area contributed by atoms with Gasteiger partial charge in [-0.1, -0.05) is 30.0 Å². The van der Waals surface area contributed by atoms with E-state index in [0.717, 1.165) is 36.8 Å². The molecule has 0 bridgehead atoms. The van der Waals surface area contributed by atoms with Gasteiger partial charge in [0.15, 0.2) is 5.17 Å². The number of para-hydroxylation sites is 1. The van der Waals surface area contributed by atoms with E-state index in [4.69, 9.17) is 4.99 Å². The third-order valence-corrected chi connectivity index (χ3v) is 5.54. The van der Waals surface area contributed by atoms with Gasteiger partial charge in [-0.25, -0.2) is 9.79 Å². The van der Waals surface area contributed by atoms with Crippen LogP contribution in [0, 0.1) is 0 Å². The van der Waals surface area contributed by atoms with Gasteiger partial charge in [-0.15, -0.1) is 0 Å². The Morgan fingerprint density at radius 2 is 1.72 bits per heavy atom. The fraction of sp³-hybridized carbons (Fsp3) is 0.318. The number of nitrogens with zero attached hydrogens (tertiary/aromatic N) is 2. The second-order valence-electron chi connectivity index (χ2n) is 6.68. The minimum Gasteiger partial charge on any atom is -0.465 e. The standard InChI is InChI=1S/C22H25N3O3S/c1-28-21(27)17-10-12-19(13-11-17)23-20(26)16-29-22(25-14-6-3-7-15-25)24-18-8-4-2-5-9-18/h2,4-5,8-13H,3,6-7,14-16H2,1H3,(H,23,26). The molecule has 0 radical (unpaired) electrons. The van der Waals surface area contributed by atoms with Crippen LogP contribution >= 0.6 is 11.8 Å². The van der Waals surface area contributed by atoms with Crippen LogP contribution in [0.3, 0.4) is 0 Å². The summed E-state index contributed by atoms with van der Waals surface area (Å²) in [7, 11) is 1.34. The topological polar surface area (TPSA) is 71.0 Å². The van der Waals surface area contributed by atoms with Crippen LogP contribution in [-0.4, -0.2) is 47.9 Å². The second-order valence-corrected chi connectivity index (χ2v) is 7.63. The molecule has 0 atom stereocenters. The number of carbonyl (C=O) groups is 2. The van der Waals surface area contributed by atoms with E-state index >= 15 is 0 Å². The third kappa shape index (κ3) is 6.35. The molecule has 0 unspecified atom stereocenters. The molecule has 3 rings (SSSR count). The van der Waals surface area contributed by atoms with Gasteiger partial charge in [-0.2, -0.15) is 0 Å². The van der Waals surface area contributed by atoms with Gasteiger partial charge in [0.2, 0.25) is 5.91 Å². The molecule has 1 aliphatic heterocycles. The van der Waals surface area contributed by atoms with E-state index in [1.54, 1.807) is 24.3 Å². The molecule has 1 N–H and O–H groups in total. The van der Waals surface area contributed by atoms with Crippen molar-refractivity contribution in [2.24, 2.45) is 4.99 Å². The lowest BCUT2D eigenvalue weighted by atomic mass is 10.1. The molecular weight excluding hydrogens is 386 g/mol. The number of aliphatic imine (C=N–C) groups is 1. The maximum Gasteiger partial charge on any atom is 0.337 e. The van der Waals surface area contributed by atoms with Crippen molar-refractivity contribution < 1.29 is 14.3 Å². The number of amidine groups is 1. The zero-order valence-electron chi connectivity index (χ0n) is 16.5. The highest BCUT2D eigenvalue weighted by Crippen LogP contribution is 2.21. The van der Waals surface area contributed by atoms with Crippen molar-refractivity contribution in [3.8, 4) is 0 Å². The number of benzene rings is 2. The number of hydrogen-bond donors (Lipinski definition) is 1. The first-order chi connectivity index (χ1) is 14.2. The Morgan fingerprint density at radius 1 is 1.03 bits per heavy atom. The zero-order chi connectivity index (χ0) is 20.5. The summed E-state index contributed by atoms with van der Waals surface area (Å²) < 4.78 is 4.68. The lowest BCUT2D eigenvalue weighted by Crippen LogP contribution is -2.34. The normalized spacial score (nSPS) is 14.4. The highest BCUT2D eigenvalue weighted by molar-refractivity contribution is 8.14. The Morgan fingerprint density at radius 3 is 2.38 bits per heavy atom. The zero-order valence-corrected chi connectivity index (χ0v) is 17.3. The minimum atomic E-state index is -0.401. The van der Waals surface area contributed by atoms with E-state index in [-0.39, 0.29) is 11.7 Å². The second kappa shape index (κ2) is 10.7. The van der Waals surface area contributed by atoms with Gasteiger partial charge in [-0.05, 0) is 55.7 Å². The van der Waals surface area contributed by atoms with Crippen LogP contribution < -0.4 is 5.32 Å². The van der Waals surface area contributed by atoms with Gasteiger partial charge in [0.1, 0.15) is 0 Å². The van der Waals surface area contributed by atoms with Crippen molar-refractivity contribution >= 4 is 40.2 Å². The monoisotopic (exact) mass is 411 g/mol. The van der Waals surface area contributed by atoms with Gasteiger partial charge < -0.3 is 15.0 Å². The molecule has 1 heterocycles. The number of hydrogen-bond acceptors (Lipinski definition) is 5. The smallest absolute Gasteiger partial charge is 0.337 e. The number of nitrogens with one attached hydrogen (secondary N) is 1. The van der Waals surface area contributed by atoms with Crippen LogP contribution in [0.4, 0.5) is 11.4 Å². The summed E-state index contributed by atoms with van der Waals surface area (Å²) in [5, 5.41) is 3.74. The Kier molecular flexibility index (Phi) is 7.69. The Labute approximate surface area is 175 Å². The fourth-order valence-corrected chi connectivity index (χ4v) is 3.89. The summed E-state index contributed by atoms with van der Waals surface area (Å²) in [5.41, 5.74) is 1.98. The van der Waals surface area contributed by atoms with E-state index in [0.29, 0.717) is 11.3 Å². The maximum atomic E-state index is 12.4. The summed E-state index contributed by atoms with van der Waals surface area (Å²) in [6, 6.07) is 16.5. The first kappa shape index (κ1) is 20.9. The highest BCUT2D eigenvalue weighted by atomic mass is 32.2. The van der Waals surface area contributed by atoms with Crippen LogP contribution in [0.1, 0.15) is 29.6 Å². The average molecular weight is 412 g/mol. The van der Waals surface area contributed by atoms with Gasteiger partial charge in [-0.3, -0.25) is 4.79 Å². The molecule has 29 heavy (non-hydrogen) atoms. The van der Waals surface area contributed by atoms with E-state index < -0.39 is 5.97 Å². The highest BCUT2D eigenvalue weighted by Gasteiger charge is 2.17. The van der Waals surface area contributed by atoms with Gasteiger partial charge in [0, 0.05) is 18.8 Å². The van der Waals surface area contributed by atoms with Crippen molar-refractivity contribution in [1.82, 2.24) is 4.90 Å². The molecule has 1 aliphatic rings. The lowest BCUT2D eigenvalue weighted by molar-refractivity contribution is -0.113. The number of ether oxygens (including phenoxy) is 1. The van der Waals surface area contributed by atoms with Crippen LogP contribution in [0.5, 0.6) is 0 Å². The molecule has 2 aromatic carbocycles. The molecule has 0 aromatic heterocycles. The van der Waals surface area contributed by atoms with Crippen molar-refractivity contribution in [2.75, 3.05) is 31.3 Å². The molecule has 0 saturated carbocycles. The van der Waals surface area contributed by atoms with Crippen LogP contribution in [0.25, 0.3) is 0 Å². The number of likely N-dealkylation sites (tertiary alicyclic amines) is 1. The number of anilines is 1. The molecule has 7 heteroatoms. The first-order valence-electron chi connectivity index (χ1n) is 9.65. The van der Waals surface area contributed by atoms with Gasteiger partial charge in [0.25, 0.3) is 0 Å². The number of amides is 1. The van der Waals surface area contributed by atoms with Crippen molar-refractivity contribution in [3.63, 3.8) is 0 Å². The molecule has 1 amide bonds. The van der Waals surface area contributed by atoms with E-state index in [1.165, 1.54) is 25.3 Å². The number of rotatable bonds is 5. The number of esters is 1. The molecule has 6 nitrogen and oxygen atoms in total. The Balaban J connectivity index is 1.61. The van der Waals surface area contributed by atoms with Crippen LogP contribution in [-0.2, 0) is 9.53 Å². The molecule has 1 saturated heterocycles. The summed E-state index contributed by atoms with van der Waals surface area (Å²) in [4.78, 5) is 31.0. The van der Waals surface area contributed by atoms with E-state index in [9.17, 15) is 9.59 Å². The molecule has 152 valence electrons. The quantitative estimate of drug-likeness (QED) is 0.451. The third-order valence-electron chi connectivity index (χ3n) is 4.53. The van der Waals surface area contributed by atoms with Gasteiger partial charge >= 0.3 is 5.97 Å². The summed E-state index contributed by atoms with van der Waals surface area (Å²) in [6.07, 6.45) is 3.53. The largest absolute Gasteiger partial charge is 0.465 e. The average Bonchev–Trinajstić information content (AvgIpc) is 2.78. The molecule has 2 aromatic rings. The van der Waals surface area contributed by atoms with E-state index in [2.05, 4.69) is 15.0 Å². The number of methoxy groups -OCH3 is 1. The van der Waals surface area contributed by atoms with Crippen molar-refractivity contribution in [3.05, 3.63) is 60.2 Å². The van der Waals surface area contributed by atoms with Crippen molar-refractivity contribution in [1.29, 1.82) is 0 Å². The summed E-state index contributed by atoms with van der Waals surface area (Å²) in [5.74, 6) is -0.249. The molecular formula is C22H25N3O3S. The van der Waals surface area contributed by atoms with Crippen molar-refractivity contribution in [2.45, 2.75) is 19.3 Å². The SMILES string of the molecule is COC(=O)c1ccc(NC(=O)CSC(=Nc2ccccc2)N2CCCCC2)cc1. The lowest BCUT2D eigenvalue weighted by Gasteiger charge is -2.29.